The van der Waals surface area contributed by atoms with Crippen LogP contribution in [0, 0.1) is 0 Å². The standard InChI is InChI=1S/C32H60O2/c1-3-5-7-9-11-13-15-17-18-19-20-22-24-26-28-30-32(33)34-31-29-27-25-23-21-16-14-12-10-8-6-4-2/h28-31H,3-27H2,1-2H3. The van der Waals surface area contributed by atoms with Crippen molar-refractivity contribution >= 4 is 5.97 Å². The second kappa shape index (κ2) is 30.0. The molecule has 0 amide bonds. The lowest BCUT2D eigenvalue weighted by Gasteiger charge is -2.02. The molecule has 0 rings (SSSR count). The zero-order chi connectivity index (χ0) is 24.8. The van der Waals surface area contributed by atoms with Gasteiger partial charge in [0.15, 0.2) is 0 Å². The highest BCUT2D eigenvalue weighted by molar-refractivity contribution is 5.82. The summed E-state index contributed by atoms with van der Waals surface area (Å²) in [6.07, 6.45) is 40.5. The SMILES string of the molecule is CCCCCCCCCCCCC=COC(=O)C=CCCCCCCCCCCCCCCC. The van der Waals surface area contributed by atoms with Crippen LogP contribution in [0.15, 0.2) is 24.5 Å². The maximum Gasteiger partial charge on any atom is 0.335 e. The number of hydrogen-bond acceptors (Lipinski definition) is 2. The normalized spacial score (nSPS) is 11.7. The van der Waals surface area contributed by atoms with E-state index in [9.17, 15) is 4.79 Å². The Morgan fingerprint density at radius 3 is 1.18 bits per heavy atom. The van der Waals surface area contributed by atoms with E-state index in [-0.39, 0.29) is 5.97 Å². The second-order valence-electron chi connectivity index (χ2n) is 10.2. The van der Waals surface area contributed by atoms with E-state index in [0.29, 0.717) is 0 Å². The molecule has 0 aromatic rings. The molecule has 0 saturated heterocycles. The largest absolute Gasteiger partial charge is 0.432 e. The zero-order valence-corrected chi connectivity index (χ0v) is 23.3. The molecule has 0 spiro atoms. The maximum atomic E-state index is 11.7. The molecule has 0 aliphatic heterocycles. The quantitative estimate of drug-likeness (QED) is 0.0510. The fourth-order valence-corrected chi connectivity index (χ4v) is 4.43. The van der Waals surface area contributed by atoms with Crippen molar-refractivity contribution in [2.75, 3.05) is 0 Å². The van der Waals surface area contributed by atoms with Crippen molar-refractivity contribution in [1.29, 1.82) is 0 Å². The number of carbonyl (C=O) groups is 1. The van der Waals surface area contributed by atoms with Gasteiger partial charge in [-0.2, -0.15) is 0 Å². The average molecular weight is 477 g/mol. The van der Waals surface area contributed by atoms with E-state index >= 15 is 0 Å². The average Bonchev–Trinajstić information content (AvgIpc) is 2.84. The summed E-state index contributed by atoms with van der Waals surface area (Å²) in [6, 6.07) is 0. The van der Waals surface area contributed by atoms with E-state index in [2.05, 4.69) is 13.8 Å². The van der Waals surface area contributed by atoms with Gasteiger partial charge < -0.3 is 4.74 Å². The van der Waals surface area contributed by atoms with E-state index in [4.69, 9.17) is 4.74 Å². The third-order valence-electron chi connectivity index (χ3n) is 6.73. The van der Waals surface area contributed by atoms with Crippen LogP contribution < -0.4 is 0 Å². The van der Waals surface area contributed by atoms with Crippen LogP contribution >= 0.6 is 0 Å². The maximum absolute atomic E-state index is 11.7. The van der Waals surface area contributed by atoms with Crippen molar-refractivity contribution in [3.8, 4) is 0 Å². The fourth-order valence-electron chi connectivity index (χ4n) is 4.43. The van der Waals surface area contributed by atoms with Gasteiger partial charge in [0.1, 0.15) is 0 Å². The van der Waals surface area contributed by atoms with Crippen molar-refractivity contribution in [2.45, 2.75) is 174 Å². The van der Waals surface area contributed by atoms with Crippen LogP contribution in [0.4, 0.5) is 0 Å². The molecule has 0 bridgehead atoms. The number of rotatable bonds is 27. The zero-order valence-electron chi connectivity index (χ0n) is 23.3. The number of carbonyl (C=O) groups excluding carboxylic acids is 1. The Labute approximate surface area is 214 Å². The topological polar surface area (TPSA) is 26.3 Å². The number of allylic oxidation sites excluding steroid dienone is 2. The van der Waals surface area contributed by atoms with Gasteiger partial charge in [-0.3, -0.25) is 0 Å². The first kappa shape index (κ1) is 33.0. The molecule has 0 heterocycles. The highest BCUT2D eigenvalue weighted by Crippen LogP contribution is 2.13. The summed E-state index contributed by atoms with van der Waals surface area (Å²) in [7, 11) is 0. The van der Waals surface area contributed by atoms with E-state index in [1.54, 1.807) is 12.3 Å². The summed E-state index contributed by atoms with van der Waals surface area (Å²) >= 11 is 0. The van der Waals surface area contributed by atoms with Crippen molar-refractivity contribution in [3.05, 3.63) is 24.5 Å². The molecule has 0 aliphatic rings. The fraction of sp³-hybridized carbons (Fsp3) is 0.844. The van der Waals surface area contributed by atoms with Crippen LogP contribution in [0.1, 0.15) is 174 Å². The van der Waals surface area contributed by atoms with Gasteiger partial charge in [0, 0.05) is 6.08 Å². The van der Waals surface area contributed by atoms with Gasteiger partial charge in [-0.15, -0.1) is 0 Å². The van der Waals surface area contributed by atoms with Crippen LogP contribution in [0.2, 0.25) is 0 Å². The van der Waals surface area contributed by atoms with Crippen LogP contribution in [0.3, 0.4) is 0 Å². The summed E-state index contributed by atoms with van der Waals surface area (Å²) in [4.78, 5) is 11.7. The Morgan fingerprint density at radius 1 is 0.471 bits per heavy atom. The summed E-state index contributed by atoms with van der Waals surface area (Å²) in [5.41, 5.74) is 0. The molecule has 0 fully saturated rings. The first-order chi connectivity index (χ1) is 16.8. The second-order valence-corrected chi connectivity index (χ2v) is 10.2. The third kappa shape index (κ3) is 29.0. The van der Waals surface area contributed by atoms with Crippen LogP contribution in [-0.2, 0) is 9.53 Å². The molecule has 34 heavy (non-hydrogen) atoms. The predicted molar refractivity (Wildman–Crippen MR) is 151 cm³/mol. The van der Waals surface area contributed by atoms with E-state index in [1.807, 2.05) is 12.2 Å². The van der Waals surface area contributed by atoms with Crippen LogP contribution in [0.25, 0.3) is 0 Å². The summed E-state index contributed by atoms with van der Waals surface area (Å²) in [5.74, 6) is -0.242. The minimum atomic E-state index is -0.242. The van der Waals surface area contributed by atoms with Crippen molar-refractivity contribution < 1.29 is 9.53 Å². The number of ether oxygens (including phenoxy) is 1. The molecular formula is C32H60O2. The van der Waals surface area contributed by atoms with Crippen molar-refractivity contribution in [2.24, 2.45) is 0 Å². The van der Waals surface area contributed by atoms with Gasteiger partial charge in [0.05, 0.1) is 6.26 Å². The minimum Gasteiger partial charge on any atom is -0.432 e. The van der Waals surface area contributed by atoms with Crippen LogP contribution in [-0.4, -0.2) is 5.97 Å². The molecule has 0 unspecified atom stereocenters. The van der Waals surface area contributed by atoms with E-state index in [0.717, 1.165) is 12.8 Å². The summed E-state index contributed by atoms with van der Waals surface area (Å²) in [5, 5.41) is 0. The Bertz CT molecular complexity index is 452. The summed E-state index contributed by atoms with van der Waals surface area (Å²) < 4.78 is 5.15. The highest BCUT2D eigenvalue weighted by atomic mass is 16.5. The Morgan fingerprint density at radius 2 is 0.794 bits per heavy atom. The lowest BCUT2D eigenvalue weighted by atomic mass is 10.0. The molecule has 0 aromatic heterocycles. The molecule has 0 saturated carbocycles. The number of hydrogen-bond donors (Lipinski definition) is 0. The molecule has 2 heteroatoms. The van der Waals surface area contributed by atoms with Gasteiger partial charge in [0.25, 0.3) is 0 Å². The van der Waals surface area contributed by atoms with E-state index in [1.165, 1.54) is 148 Å². The predicted octanol–water partition coefficient (Wildman–Crippen LogP) is 11.4. The van der Waals surface area contributed by atoms with Gasteiger partial charge in [0.2, 0.25) is 0 Å². The molecule has 0 N–H and O–H groups in total. The summed E-state index contributed by atoms with van der Waals surface area (Å²) in [6.45, 7) is 4.55. The number of unbranched alkanes of at least 4 members (excludes halogenated alkanes) is 23. The molecule has 0 radical (unpaired) electrons. The Kier molecular flexibility index (Phi) is 29.1. The smallest absolute Gasteiger partial charge is 0.335 e. The lowest BCUT2D eigenvalue weighted by molar-refractivity contribution is -0.132. The van der Waals surface area contributed by atoms with Gasteiger partial charge in [-0.1, -0.05) is 155 Å². The van der Waals surface area contributed by atoms with Gasteiger partial charge in [-0.05, 0) is 31.8 Å². The first-order valence-corrected chi connectivity index (χ1v) is 15.3. The minimum absolute atomic E-state index is 0.242. The molecule has 0 atom stereocenters. The molecular weight excluding hydrogens is 416 g/mol. The molecule has 200 valence electrons. The molecule has 0 aromatic carbocycles. The van der Waals surface area contributed by atoms with E-state index < -0.39 is 0 Å². The molecule has 0 aliphatic carbocycles. The highest BCUT2D eigenvalue weighted by Gasteiger charge is 1.95. The van der Waals surface area contributed by atoms with Gasteiger partial charge >= 0.3 is 5.97 Å². The Balaban J connectivity index is 3.30. The van der Waals surface area contributed by atoms with Crippen LogP contribution in [0.5, 0.6) is 0 Å². The Hall–Kier alpha value is -1.05. The van der Waals surface area contributed by atoms with Crippen molar-refractivity contribution in [1.82, 2.24) is 0 Å². The van der Waals surface area contributed by atoms with Crippen molar-refractivity contribution in [3.63, 3.8) is 0 Å². The third-order valence-corrected chi connectivity index (χ3v) is 6.73. The number of esters is 1. The lowest BCUT2D eigenvalue weighted by Crippen LogP contribution is -1.93. The molecule has 2 nitrogen and oxygen atoms in total. The first-order valence-electron chi connectivity index (χ1n) is 15.3. The monoisotopic (exact) mass is 476 g/mol. The van der Waals surface area contributed by atoms with Gasteiger partial charge in [-0.25, -0.2) is 4.79 Å².